The Hall–Kier alpha value is -0.410. The van der Waals surface area contributed by atoms with E-state index in [0.717, 1.165) is 31.5 Å². The largest absolute Gasteiger partial charge is 0.361 e. The quantitative estimate of drug-likeness (QED) is 0.770. The summed E-state index contributed by atoms with van der Waals surface area (Å²) in [7, 11) is 0. The Bertz CT molecular complexity index is 362. The third-order valence-corrected chi connectivity index (χ3v) is 5.13. The first-order chi connectivity index (χ1) is 8.63. The van der Waals surface area contributed by atoms with Crippen molar-refractivity contribution >= 4 is 5.78 Å². The van der Waals surface area contributed by atoms with E-state index in [1.807, 2.05) is 13.8 Å². The van der Waals surface area contributed by atoms with Crippen LogP contribution >= 0.6 is 0 Å². The molecule has 3 heteroatoms. The Morgan fingerprint density at radius 1 is 1.21 bits per heavy atom. The van der Waals surface area contributed by atoms with E-state index in [-0.39, 0.29) is 17.3 Å². The second-order valence-corrected chi connectivity index (χ2v) is 7.64. The summed E-state index contributed by atoms with van der Waals surface area (Å²) in [5, 5.41) is 0. The van der Waals surface area contributed by atoms with Crippen molar-refractivity contribution in [3.63, 3.8) is 0 Å². The van der Waals surface area contributed by atoms with Crippen LogP contribution in [0.15, 0.2) is 0 Å². The molecule has 19 heavy (non-hydrogen) atoms. The van der Waals surface area contributed by atoms with Gasteiger partial charge in [0.1, 0.15) is 5.60 Å². The van der Waals surface area contributed by atoms with Gasteiger partial charge in [-0.2, -0.15) is 0 Å². The van der Waals surface area contributed by atoms with Crippen LogP contribution < -0.4 is 0 Å². The van der Waals surface area contributed by atoms with Crippen molar-refractivity contribution < 1.29 is 9.53 Å². The van der Waals surface area contributed by atoms with Gasteiger partial charge in [0, 0.05) is 13.1 Å². The highest BCUT2D eigenvalue weighted by Gasteiger charge is 2.53. The van der Waals surface area contributed by atoms with Crippen LogP contribution in [0.3, 0.4) is 0 Å². The van der Waals surface area contributed by atoms with E-state index < -0.39 is 5.60 Å². The highest BCUT2D eigenvalue weighted by molar-refractivity contribution is 5.91. The molecule has 2 saturated heterocycles. The molecule has 0 saturated carbocycles. The number of likely N-dealkylation sites (tertiary alicyclic amines) is 1. The number of ether oxygens (including phenoxy) is 1. The summed E-state index contributed by atoms with van der Waals surface area (Å²) < 4.78 is 5.97. The number of Topliss-reactive ketones (excluding diaryl/α,β-unsaturated/α-hetero) is 1. The summed E-state index contributed by atoms with van der Waals surface area (Å²) in [4.78, 5) is 15.0. The van der Waals surface area contributed by atoms with Gasteiger partial charge in [-0.05, 0) is 52.5 Å². The molecule has 0 spiro atoms. The number of hydrogen-bond donors (Lipinski definition) is 0. The lowest BCUT2D eigenvalue weighted by atomic mass is 9.83. The second-order valence-electron chi connectivity index (χ2n) is 7.64. The number of carbonyl (C=O) groups excluding carboxylic acids is 1. The number of piperidine rings is 1. The van der Waals surface area contributed by atoms with Crippen molar-refractivity contribution in [3.8, 4) is 0 Å². The van der Waals surface area contributed by atoms with Gasteiger partial charge in [-0.25, -0.2) is 0 Å². The molecule has 0 aromatic carbocycles. The van der Waals surface area contributed by atoms with Crippen molar-refractivity contribution in [2.75, 3.05) is 19.6 Å². The van der Waals surface area contributed by atoms with Gasteiger partial charge in [-0.1, -0.05) is 13.8 Å². The zero-order valence-electron chi connectivity index (χ0n) is 13.3. The lowest BCUT2D eigenvalue weighted by Gasteiger charge is -2.38. The molecule has 2 heterocycles. The maximum atomic E-state index is 12.5. The highest BCUT2D eigenvalue weighted by atomic mass is 16.5. The zero-order chi connectivity index (χ0) is 14.4. The smallest absolute Gasteiger partial charge is 0.171 e. The highest BCUT2D eigenvalue weighted by Crippen LogP contribution is 2.40. The number of carbonyl (C=O) groups is 1. The minimum atomic E-state index is -0.622. The maximum Gasteiger partial charge on any atom is 0.171 e. The van der Waals surface area contributed by atoms with E-state index in [4.69, 9.17) is 4.74 Å². The third-order valence-electron chi connectivity index (χ3n) is 5.13. The molecule has 3 nitrogen and oxygen atoms in total. The van der Waals surface area contributed by atoms with Crippen molar-refractivity contribution in [2.45, 2.75) is 59.2 Å². The summed E-state index contributed by atoms with van der Waals surface area (Å²) in [6.45, 7) is 15.6. The minimum absolute atomic E-state index is 0.00288. The topological polar surface area (TPSA) is 29.5 Å². The van der Waals surface area contributed by atoms with Crippen LogP contribution in [0.25, 0.3) is 0 Å². The fourth-order valence-corrected chi connectivity index (χ4v) is 3.59. The average molecular weight is 267 g/mol. The first kappa shape index (κ1) is 15.0. The Kier molecular flexibility index (Phi) is 3.83. The monoisotopic (exact) mass is 267 g/mol. The van der Waals surface area contributed by atoms with Crippen molar-refractivity contribution in [2.24, 2.45) is 17.8 Å². The predicted molar refractivity (Wildman–Crippen MR) is 77.1 cm³/mol. The first-order valence-electron chi connectivity index (χ1n) is 7.60. The van der Waals surface area contributed by atoms with Gasteiger partial charge >= 0.3 is 0 Å². The van der Waals surface area contributed by atoms with Crippen molar-refractivity contribution in [1.82, 2.24) is 4.90 Å². The molecular formula is C16H29NO2. The van der Waals surface area contributed by atoms with E-state index in [1.165, 1.54) is 6.42 Å². The van der Waals surface area contributed by atoms with Gasteiger partial charge in [0.15, 0.2) is 5.78 Å². The van der Waals surface area contributed by atoms with E-state index in [0.29, 0.717) is 0 Å². The van der Waals surface area contributed by atoms with Gasteiger partial charge in [-0.15, -0.1) is 0 Å². The van der Waals surface area contributed by atoms with Crippen molar-refractivity contribution in [3.05, 3.63) is 0 Å². The normalized spacial score (nSPS) is 38.6. The van der Waals surface area contributed by atoms with Crippen LogP contribution in [-0.4, -0.2) is 41.5 Å². The fraction of sp³-hybridized carbons (Fsp3) is 0.938. The van der Waals surface area contributed by atoms with Crippen LogP contribution in [0.2, 0.25) is 0 Å². The Morgan fingerprint density at radius 2 is 1.84 bits per heavy atom. The molecule has 0 aromatic rings. The molecule has 0 bridgehead atoms. The lowest BCUT2D eigenvalue weighted by molar-refractivity contribution is -0.132. The molecule has 2 aliphatic heterocycles. The molecule has 3 atom stereocenters. The Morgan fingerprint density at radius 3 is 2.32 bits per heavy atom. The summed E-state index contributed by atoms with van der Waals surface area (Å²) in [6, 6.07) is 0. The standard InChI is InChI=1S/C16H29NO2/c1-11-7-8-17(9-12(11)2)10-13-14(18)16(5,6)19-15(13,3)4/h11-13H,7-10H2,1-6H3. The molecule has 0 aromatic heterocycles. The third kappa shape index (κ3) is 2.87. The summed E-state index contributed by atoms with van der Waals surface area (Å²) in [6.07, 6.45) is 1.24. The molecule has 0 amide bonds. The molecule has 3 unspecified atom stereocenters. The van der Waals surface area contributed by atoms with Gasteiger partial charge in [0.25, 0.3) is 0 Å². The fourth-order valence-electron chi connectivity index (χ4n) is 3.59. The van der Waals surface area contributed by atoms with E-state index in [1.54, 1.807) is 0 Å². The lowest BCUT2D eigenvalue weighted by Crippen LogP contribution is -2.46. The van der Waals surface area contributed by atoms with Gasteiger partial charge in [0.2, 0.25) is 0 Å². The number of hydrogen-bond acceptors (Lipinski definition) is 3. The summed E-state index contributed by atoms with van der Waals surface area (Å²) >= 11 is 0. The van der Waals surface area contributed by atoms with E-state index in [2.05, 4.69) is 32.6 Å². The SMILES string of the molecule is CC1CCN(CC2C(=O)C(C)(C)OC2(C)C)CC1C. The van der Waals surface area contributed by atoms with Crippen LogP contribution in [0.5, 0.6) is 0 Å². The molecule has 2 aliphatic rings. The van der Waals surface area contributed by atoms with Crippen molar-refractivity contribution in [1.29, 1.82) is 0 Å². The Balaban J connectivity index is 2.04. The molecule has 0 radical (unpaired) electrons. The van der Waals surface area contributed by atoms with Crippen LogP contribution in [0.1, 0.15) is 48.0 Å². The number of ketones is 1. The molecular weight excluding hydrogens is 238 g/mol. The second kappa shape index (κ2) is 4.85. The zero-order valence-corrected chi connectivity index (χ0v) is 13.3. The minimum Gasteiger partial charge on any atom is -0.361 e. The van der Waals surface area contributed by atoms with Gasteiger partial charge in [-0.3, -0.25) is 4.79 Å². The van der Waals surface area contributed by atoms with Crippen LogP contribution in [0, 0.1) is 17.8 Å². The maximum absolute atomic E-state index is 12.5. The molecule has 0 aliphatic carbocycles. The van der Waals surface area contributed by atoms with Gasteiger partial charge in [0.05, 0.1) is 11.5 Å². The van der Waals surface area contributed by atoms with Crippen LogP contribution in [-0.2, 0) is 9.53 Å². The summed E-state index contributed by atoms with van der Waals surface area (Å²) in [5.41, 5.74) is -0.963. The summed E-state index contributed by atoms with van der Waals surface area (Å²) in [5.74, 6) is 1.80. The van der Waals surface area contributed by atoms with Gasteiger partial charge < -0.3 is 9.64 Å². The van der Waals surface area contributed by atoms with Crippen LogP contribution in [0.4, 0.5) is 0 Å². The predicted octanol–water partition coefficient (Wildman–Crippen LogP) is 2.74. The molecule has 2 fully saturated rings. The number of nitrogens with zero attached hydrogens (tertiary/aromatic N) is 1. The molecule has 110 valence electrons. The number of rotatable bonds is 2. The van der Waals surface area contributed by atoms with E-state index >= 15 is 0 Å². The molecule has 0 N–H and O–H groups in total. The first-order valence-corrected chi connectivity index (χ1v) is 7.60. The van der Waals surface area contributed by atoms with E-state index in [9.17, 15) is 4.79 Å². The average Bonchev–Trinajstić information content (AvgIpc) is 2.42. The Labute approximate surface area is 117 Å². The molecule has 2 rings (SSSR count).